The topological polar surface area (TPSA) is 94.1 Å². The predicted octanol–water partition coefficient (Wildman–Crippen LogP) is 3.38. The van der Waals surface area contributed by atoms with Gasteiger partial charge < -0.3 is 24.6 Å². The first-order chi connectivity index (χ1) is 12.3. The lowest BCUT2D eigenvalue weighted by molar-refractivity contribution is -0.139. The largest absolute Gasteiger partial charge is 0.497 e. The van der Waals surface area contributed by atoms with Crippen LogP contribution in [0.25, 0.3) is 0 Å². The van der Waals surface area contributed by atoms with E-state index in [1.807, 2.05) is 0 Å². The van der Waals surface area contributed by atoms with Gasteiger partial charge in [0.25, 0.3) is 5.91 Å². The highest BCUT2D eigenvalue weighted by atomic mass is 35.5. The highest BCUT2D eigenvalue weighted by Gasteiger charge is 2.16. The van der Waals surface area contributed by atoms with E-state index in [-0.39, 0.29) is 5.56 Å². The Morgan fingerprint density at radius 2 is 1.85 bits per heavy atom. The summed E-state index contributed by atoms with van der Waals surface area (Å²) < 4.78 is 15.5. The van der Waals surface area contributed by atoms with E-state index in [1.165, 1.54) is 20.3 Å². The number of carboxylic acid groups (broad SMARTS) is 1. The summed E-state index contributed by atoms with van der Waals surface area (Å²) in [6.07, 6.45) is 0. The molecule has 0 aliphatic heterocycles. The molecule has 0 aromatic heterocycles. The second-order valence-corrected chi connectivity index (χ2v) is 5.71. The number of aliphatic carboxylic acids is 1. The fourth-order valence-electron chi connectivity index (χ4n) is 2.22. The van der Waals surface area contributed by atoms with Crippen LogP contribution in [-0.2, 0) is 4.79 Å². The number of methoxy groups -OCH3 is 2. The normalized spacial score (nSPS) is 10.2. The van der Waals surface area contributed by atoms with Gasteiger partial charge in [0.05, 0.1) is 30.5 Å². The van der Waals surface area contributed by atoms with Gasteiger partial charge in [0.15, 0.2) is 6.61 Å². The Balaban J connectivity index is 2.28. The van der Waals surface area contributed by atoms with Crippen molar-refractivity contribution in [1.82, 2.24) is 0 Å². The molecule has 2 rings (SSSR count). The van der Waals surface area contributed by atoms with E-state index in [2.05, 4.69) is 5.32 Å². The van der Waals surface area contributed by atoms with Gasteiger partial charge in [-0.2, -0.15) is 0 Å². The van der Waals surface area contributed by atoms with Crippen molar-refractivity contribution in [2.24, 2.45) is 0 Å². The summed E-state index contributed by atoms with van der Waals surface area (Å²) in [5, 5.41) is 11.7. The summed E-state index contributed by atoms with van der Waals surface area (Å²) in [7, 11) is 2.96. The average Bonchev–Trinajstić information content (AvgIpc) is 2.62. The lowest BCUT2D eigenvalue weighted by Gasteiger charge is -2.14. The van der Waals surface area contributed by atoms with Gasteiger partial charge in [0.1, 0.15) is 17.2 Å². The number of hydrogen-bond acceptors (Lipinski definition) is 5. The fraction of sp³-hybridized carbons (Fsp3) is 0.222. The number of rotatable bonds is 7. The SMILES string of the molecule is COc1ccc(C(=O)Nc2cc(OCC(=O)O)c(C)cc2Cl)c(OC)c1. The molecule has 26 heavy (non-hydrogen) atoms. The van der Waals surface area contributed by atoms with Crippen molar-refractivity contribution in [1.29, 1.82) is 0 Å². The highest BCUT2D eigenvalue weighted by molar-refractivity contribution is 6.34. The van der Waals surface area contributed by atoms with E-state index < -0.39 is 18.5 Å². The molecule has 0 saturated heterocycles. The number of benzene rings is 2. The predicted molar refractivity (Wildman–Crippen MR) is 96.8 cm³/mol. The molecule has 7 nitrogen and oxygen atoms in total. The lowest BCUT2D eigenvalue weighted by Crippen LogP contribution is -2.14. The molecule has 138 valence electrons. The Hall–Kier alpha value is -2.93. The highest BCUT2D eigenvalue weighted by Crippen LogP contribution is 2.32. The number of nitrogens with one attached hydrogen (secondary N) is 1. The number of hydrogen-bond donors (Lipinski definition) is 2. The summed E-state index contributed by atoms with van der Waals surface area (Å²) in [5.41, 5.74) is 1.23. The third-order valence-electron chi connectivity index (χ3n) is 3.52. The Bertz CT molecular complexity index is 837. The summed E-state index contributed by atoms with van der Waals surface area (Å²) in [6.45, 7) is 1.23. The van der Waals surface area contributed by atoms with Crippen LogP contribution in [0.1, 0.15) is 15.9 Å². The summed E-state index contributed by atoms with van der Waals surface area (Å²) in [4.78, 5) is 23.3. The van der Waals surface area contributed by atoms with Crippen molar-refractivity contribution in [3.63, 3.8) is 0 Å². The Morgan fingerprint density at radius 3 is 2.46 bits per heavy atom. The molecule has 0 unspecified atom stereocenters. The number of amides is 1. The monoisotopic (exact) mass is 379 g/mol. The third kappa shape index (κ3) is 4.58. The van der Waals surface area contributed by atoms with Gasteiger partial charge in [0, 0.05) is 12.1 Å². The molecule has 0 aliphatic carbocycles. The van der Waals surface area contributed by atoms with Crippen molar-refractivity contribution in [2.75, 3.05) is 26.1 Å². The Labute approximate surface area is 155 Å². The molecular weight excluding hydrogens is 362 g/mol. The van der Waals surface area contributed by atoms with E-state index in [1.54, 1.807) is 31.2 Å². The van der Waals surface area contributed by atoms with Crippen LogP contribution in [-0.4, -0.2) is 37.8 Å². The minimum absolute atomic E-state index is 0.290. The van der Waals surface area contributed by atoms with Gasteiger partial charge in [-0.3, -0.25) is 4.79 Å². The lowest BCUT2D eigenvalue weighted by atomic mass is 10.1. The molecule has 2 N–H and O–H groups in total. The quantitative estimate of drug-likeness (QED) is 0.765. The number of anilines is 1. The fourth-order valence-corrected chi connectivity index (χ4v) is 2.48. The first kappa shape index (κ1) is 19.4. The van der Waals surface area contributed by atoms with E-state index >= 15 is 0 Å². The van der Waals surface area contributed by atoms with Crippen LogP contribution >= 0.6 is 11.6 Å². The third-order valence-corrected chi connectivity index (χ3v) is 3.83. The van der Waals surface area contributed by atoms with Crippen molar-refractivity contribution < 1.29 is 28.9 Å². The number of carboxylic acids is 1. The smallest absolute Gasteiger partial charge is 0.341 e. The van der Waals surface area contributed by atoms with Crippen LogP contribution in [0.2, 0.25) is 5.02 Å². The van der Waals surface area contributed by atoms with Crippen molar-refractivity contribution in [3.05, 3.63) is 46.5 Å². The van der Waals surface area contributed by atoms with Crippen LogP contribution in [0.5, 0.6) is 17.2 Å². The van der Waals surface area contributed by atoms with Crippen molar-refractivity contribution in [3.8, 4) is 17.2 Å². The maximum atomic E-state index is 12.6. The zero-order valence-corrected chi connectivity index (χ0v) is 15.2. The number of halogens is 1. The number of carbonyl (C=O) groups is 2. The molecule has 0 spiro atoms. The number of aryl methyl sites for hydroxylation is 1. The maximum absolute atomic E-state index is 12.6. The van der Waals surface area contributed by atoms with Crippen LogP contribution in [0.3, 0.4) is 0 Å². The van der Waals surface area contributed by atoms with Crippen LogP contribution in [0.4, 0.5) is 5.69 Å². The van der Waals surface area contributed by atoms with E-state index in [0.29, 0.717) is 33.5 Å². The summed E-state index contributed by atoms with van der Waals surface area (Å²) >= 11 is 6.18. The standard InChI is InChI=1S/C18H18ClNO6/c1-10-6-13(19)14(8-15(10)26-9-17(21)22)20-18(23)12-5-4-11(24-2)7-16(12)25-3/h4-8H,9H2,1-3H3,(H,20,23)(H,21,22). The molecule has 2 aromatic carbocycles. The van der Waals surface area contributed by atoms with Crippen LogP contribution < -0.4 is 19.5 Å². The summed E-state index contributed by atoms with van der Waals surface area (Å²) in [5.74, 6) is -0.343. The molecule has 0 bridgehead atoms. The molecular formula is C18H18ClNO6. The first-order valence-electron chi connectivity index (χ1n) is 7.53. The van der Waals surface area contributed by atoms with Crippen LogP contribution in [0.15, 0.2) is 30.3 Å². The van der Waals surface area contributed by atoms with E-state index in [4.69, 9.17) is 30.9 Å². The summed E-state index contributed by atoms with van der Waals surface area (Å²) in [6, 6.07) is 7.85. The van der Waals surface area contributed by atoms with E-state index in [9.17, 15) is 9.59 Å². The maximum Gasteiger partial charge on any atom is 0.341 e. The van der Waals surface area contributed by atoms with Gasteiger partial charge >= 0.3 is 5.97 Å². The van der Waals surface area contributed by atoms with Crippen LogP contribution in [0, 0.1) is 6.92 Å². The number of ether oxygens (including phenoxy) is 3. The Morgan fingerprint density at radius 1 is 1.12 bits per heavy atom. The molecule has 0 atom stereocenters. The molecule has 0 radical (unpaired) electrons. The van der Waals surface area contributed by atoms with Gasteiger partial charge in [0.2, 0.25) is 0 Å². The molecule has 2 aromatic rings. The van der Waals surface area contributed by atoms with E-state index in [0.717, 1.165) is 0 Å². The minimum atomic E-state index is -1.10. The van der Waals surface area contributed by atoms with Crippen molar-refractivity contribution in [2.45, 2.75) is 6.92 Å². The van der Waals surface area contributed by atoms with Gasteiger partial charge in [-0.25, -0.2) is 4.79 Å². The molecule has 0 fully saturated rings. The second-order valence-electron chi connectivity index (χ2n) is 5.30. The molecule has 8 heteroatoms. The zero-order chi connectivity index (χ0) is 19.3. The molecule has 0 heterocycles. The Kier molecular flexibility index (Phi) is 6.30. The molecule has 0 saturated carbocycles. The van der Waals surface area contributed by atoms with Gasteiger partial charge in [-0.15, -0.1) is 0 Å². The van der Waals surface area contributed by atoms with Gasteiger partial charge in [-0.1, -0.05) is 11.6 Å². The average molecular weight is 380 g/mol. The molecule has 0 aliphatic rings. The minimum Gasteiger partial charge on any atom is -0.497 e. The first-order valence-corrected chi connectivity index (χ1v) is 7.91. The zero-order valence-electron chi connectivity index (χ0n) is 14.5. The number of carbonyl (C=O) groups excluding carboxylic acids is 1. The molecule has 1 amide bonds. The van der Waals surface area contributed by atoms with Gasteiger partial charge in [-0.05, 0) is 30.7 Å². The second kappa shape index (κ2) is 8.44. The van der Waals surface area contributed by atoms with Crippen molar-refractivity contribution >= 4 is 29.2 Å².